The van der Waals surface area contributed by atoms with Gasteiger partial charge >= 0.3 is 0 Å². The average molecular weight is 358 g/mol. The molecule has 0 aromatic heterocycles. The second-order valence-electron chi connectivity index (χ2n) is 5.81. The van der Waals surface area contributed by atoms with Gasteiger partial charge in [0.25, 0.3) is 5.91 Å². The van der Waals surface area contributed by atoms with Crippen molar-refractivity contribution in [1.29, 1.82) is 0 Å². The van der Waals surface area contributed by atoms with E-state index >= 15 is 0 Å². The molecular formula is C19H20ClN3O2. The highest BCUT2D eigenvalue weighted by Gasteiger charge is 2.13. The van der Waals surface area contributed by atoms with Crippen LogP contribution in [0.1, 0.15) is 23.7 Å². The van der Waals surface area contributed by atoms with Crippen LogP contribution in [0.25, 0.3) is 0 Å². The second-order valence-corrected chi connectivity index (χ2v) is 6.25. The molecule has 0 bridgehead atoms. The van der Waals surface area contributed by atoms with E-state index in [0.717, 1.165) is 30.1 Å². The van der Waals surface area contributed by atoms with Gasteiger partial charge in [-0.1, -0.05) is 11.6 Å². The summed E-state index contributed by atoms with van der Waals surface area (Å²) in [4.78, 5) is 12.2. The summed E-state index contributed by atoms with van der Waals surface area (Å²) < 4.78 is 5.55. The normalized spacial score (nSPS) is 13.5. The third kappa shape index (κ3) is 4.73. The van der Waals surface area contributed by atoms with Gasteiger partial charge in [-0.2, -0.15) is 5.10 Å². The molecule has 0 unspecified atom stereocenters. The number of carbonyl (C=O) groups is 1. The Morgan fingerprint density at radius 2 is 1.92 bits per heavy atom. The lowest BCUT2D eigenvalue weighted by Gasteiger charge is -2.14. The predicted octanol–water partition coefficient (Wildman–Crippen LogP) is 3.73. The lowest BCUT2D eigenvalue weighted by atomic mass is 10.2. The van der Waals surface area contributed by atoms with E-state index in [2.05, 4.69) is 10.4 Å². The summed E-state index contributed by atoms with van der Waals surface area (Å²) in [5.41, 5.74) is 2.75. The van der Waals surface area contributed by atoms with E-state index in [0.29, 0.717) is 23.7 Å². The Morgan fingerprint density at radius 3 is 2.56 bits per heavy atom. The van der Waals surface area contributed by atoms with Crippen molar-refractivity contribution in [2.75, 3.05) is 24.7 Å². The zero-order valence-corrected chi connectivity index (χ0v) is 14.8. The Labute approximate surface area is 152 Å². The van der Waals surface area contributed by atoms with Crippen molar-refractivity contribution in [3.05, 3.63) is 59.1 Å². The average Bonchev–Trinajstić information content (AvgIpc) is 3.06. The van der Waals surface area contributed by atoms with Gasteiger partial charge in [0.2, 0.25) is 0 Å². The van der Waals surface area contributed by atoms with Crippen LogP contribution < -0.4 is 15.1 Å². The first-order valence-corrected chi connectivity index (χ1v) is 8.58. The summed E-state index contributed by atoms with van der Waals surface area (Å²) in [7, 11) is 0. The predicted molar refractivity (Wildman–Crippen MR) is 101 cm³/mol. The fraction of sp³-hybridized carbons (Fsp3) is 0.263. The molecule has 0 spiro atoms. The van der Waals surface area contributed by atoms with E-state index in [9.17, 15) is 4.79 Å². The van der Waals surface area contributed by atoms with Crippen molar-refractivity contribution in [1.82, 2.24) is 5.32 Å². The second kappa shape index (κ2) is 8.03. The molecule has 6 heteroatoms. The number of nitrogens with zero attached hydrogens (tertiary/aromatic N) is 2. The number of rotatable bonds is 6. The fourth-order valence-electron chi connectivity index (χ4n) is 2.51. The Hall–Kier alpha value is -2.53. The molecule has 0 radical (unpaired) electrons. The van der Waals surface area contributed by atoms with Gasteiger partial charge in [-0.25, -0.2) is 0 Å². The first kappa shape index (κ1) is 17.3. The lowest BCUT2D eigenvalue weighted by Crippen LogP contribution is -2.28. The molecule has 0 fully saturated rings. The quantitative estimate of drug-likeness (QED) is 0.801. The number of hydrogen-bond acceptors (Lipinski definition) is 4. The summed E-state index contributed by atoms with van der Waals surface area (Å²) in [6, 6.07) is 14.6. The number of halogens is 1. The number of anilines is 1. The van der Waals surface area contributed by atoms with Gasteiger partial charge in [-0.05, 0) is 55.5 Å². The third-order valence-electron chi connectivity index (χ3n) is 3.87. The van der Waals surface area contributed by atoms with Crippen molar-refractivity contribution in [2.45, 2.75) is 13.3 Å². The smallest absolute Gasteiger partial charge is 0.251 e. The molecule has 1 amide bonds. The Morgan fingerprint density at radius 1 is 1.20 bits per heavy atom. The van der Waals surface area contributed by atoms with E-state index < -0.39 is 0 Å². The van der Waals surface area contributed by atoms with Gasteiger partial charge in [-0.15, -0.1) is 0 Å². The van der Waals surface area contributed by atoms with Crippen LogP contribution in [0.15, 0.2) is 53.6 Å². The minimum absolute atomic E-state index is 0.118. The third-order valence-corrected chi connectivity index (χ3v) is 4.13. The number of hydrogen-bond donors (Lipinski definition) is 1. The van der Waals surface area contributed by atoms with Gasteiger partial charge in [0.1, 0.15) is 12.4 Å². The zero-order valence-electron chi connectivity index (χ0n) is 14.0. The maximum absolute atomic E-state index is 12.2. The molecule has 0 atom stereocenters. The van der Waals surface area contributed by atoms with E-state index in [1.807, 2.05) is 36.2 Å². The molecule has 0 saturated heterocycles. The largest absolute Gasteiger partial charge is 0.492 e. The molecule has 5 nitrogen and oxygen atoms in total. The van der Waals surface area contributed by atoms with Crippen LogP contribution in [-0.4, -0.2) is 31.3 Å². The first-order chi connectivity index (χ1) is 12.1. The summed E-state index contributed by atoms with van der Waals surface area (Å²) in [6.45, 7) is 3.74. The van der Waals surface area contributed by atoms with E-state index in [-0.39, 0.29) is 5.91 Å². The summed E-state index contributed by atoms with van der Waals surface area (Å²) in [6.07, 6.45) is 0.982. The minimum atomic E-state index is -0.118. The molecule has 0 saturated carbocycles. The van der Waals surface area contributed by atoms with Crippen molar-refractivity contribution in [3.63, 3.8) is 0 Å². The van der Waals surface area contributed by atoms with Crippen molar-refractivity contribution in [2.24, 2.45) is 5.10 Å². The van der Waals surface area contributed by atoms with Crippen LogP contribution in [0.3, 0.4) is 0 Å². The molecule has 3 rings (SSSR count). The van der Waals surface area contributed by atoms with Crippen LogP contribution in [0.5, 0.6) is 5.75 Å². The van der Waals surface area contributed by atoms with Crippen LogP contribution in [-0.2, 0) is 0 Å². The lowest BCUT2D eigenvalue weighted by molar-refractivity contribution is 0.0947. The molecule has 1 aliphatic rings. The van der Waals surface area contributed by atoms with Crippen molar-refractivity contribution < 1.29 is 9.53 Å². The molecule has 1 N–H and O–H groups in total. The van der Waals surface area contributed by atoms with Crippen LogP contribution in [0.2, 0.25) is 5.02 Å². The number of benzene rings is 2. The monoisotopic (exact) mass is 357 g/mol. The highest BCUT2D eigenvalue weighted by atomic mass is 35.5. The summed E-state index contributed by atoms with van der Waals surface area (Å²) >= 11 is 5.82. The van der Waals surface area contributed by atoms with E-state index in [1.165, 1.54) is 0 Å². The molecule has 25 heavy (non-hydrogen) atoms. The first-order valence-electron chi connectivity index (χ1n) is 8.20. The van der Waals surface area contributed by atoms with E-state index in [4.69, 9.17) is 16.3 Å². The van der Waals surface area contributed by atoms with Gasteiger partial charge < -0.3 is 10.1 Å². The molecule has 2 aromatic carbocycles. The van der Waals surface area contributed by atoms with Gasteiger partial charge in [0.15, 0.2) is 0 Å². The number of amides is 1. The molecule has 0 aliphatic carbocycles. The van der Waals surface area contributed by atoms with Crippen molar-refractivity contribution in [3.8, 4) is 5.75 Å². The van der Waals surface area contributed by atoms with Gasteiger partial charge in [-0.3, -0.25) is 9.80 Å². The van der Waals surface area contributed by atoms with Crippen LogP contribution >= 0.6 is 11.6 Å². The maximum atomic E-state index is 12.2. The van der Waals surface area contributed by atoms with E-state index in [1.54, 1.807) is 24.3 Å². The molecule has 1 aliphatic heterocycles. The fourth-order valence-corrected chi connectivity index (χ4v) is 2.64. The Balaban J connectivity index is 1.45. The molecule has 130 valence electrons. The molecule has 1 heterocycles. The SMILES string of the molecule is CC1=NN(c2ccc(C(=O)NCCOc3ccc(Cl)cc3)cc2)CC1. The number of carbonyl (C=O) groups excluding carboxylic acids is 1. The highest BCUT2D eigenvalue weighted by Crippen LogP contribution is 2.20. The Bertz CT molecular complexity index is 757. The maximum Gasteiger partial charge on any atom is 0.251 e. The summed E-state index contributed by atoms with van der Waals surface area (Å²) in [5, 5.41) is 9.92. The number of nitrogens with one attached hydrogen (secondary N) is 1. The highest BCUT2D eigenvalue weighted by molar-refractivity contribution is 6.30. The molecule has 2 aromatic rings. The van der Waals surface area contributed by atoms with Crippen LogP contribution in [0.4, 0.5) is 5.69 Å². The molecular weight excluding hydrogens is 338 g/mol. The number of ether oxygens (including phenoxy) is 1. The zero-order chi connectivity index (χ0) is 17.6. The van der Waals surface area contributed by atoms with Gasteiger partial charge in [0, 0.05) is 29.3 Å². The topological polar surface area (TPSA) is 53.9 Å². The van der Waals surface area contributed by atoms with Gasteiger partial charge in [0.05, 0.1) is 12.2 Å². The van der Waals surface area contributed by atoms with Crippen molar-refractivity contribution >= 4 is 28.9 Å². The Kier molecular flexibility index (Phi) is 5.56. The number of hydrazone groups is 1. The van der Waals surface area contributed by atoms with Crippen LogP contribution in [0, 0.1) is 0 Å². The standard InChI is InChI=1S/C19H20ClN3O2/c1-14-10-12-23(22-14)17-6-2-15(3-7-17)19(24)21-11-13-25-18-8-4-16(20)5-9-18/h2-9H,10-13H2,1H3,(H,21,24). The summed E-state index contributed by atoms with van der Waals surface area (Å²) in [5.74, 6) is 0.608. The minimum Gasteiger partial charge on any atom is -0.492 e.